The second-order valence-electron chi connectivity index (χ2n) is 7.65. The minimum absolute atomic E-state index is 0.0625. The third kappa shape index (κ3) is 3.78. The van der Waals surface area contributed by atoms with Crippen LogP contribution in [0.3, 0.4) is 0 Å². The van der Waals surface area contributed by atoms with Gasteiger partial charge in [0.2, 0.25) is 5.91 Å². The van der Waals surface area contributed by atoms with Crippen LogP contribution in [0.1, 0.15) is 44.1 Å². The van der Waals surface area contributed by atoms with Crippen molar-refractivity contribution >= 4 is 5.91 Å². The molecule has 2 aliphatic heterocycles. The molecule has 5 nitrogen and oxygen atoms in total. The summed E-state index contributed by atoms with van der Waals surface area (Å²) in [7, 11) is 0. The van der Waals surface area contributed by atoms with E-state index in [-0.39, 0.29) is 17.6 Å². The van der Waals surface area contributed by atoms with Crippen LogP contribution in [0.4, 0.5) is 0 Å². The molecule has 1 N–H and O–H groups in total. The monoisotopic (exact) mass is 329 g/mol. The Balaban J connectivity index is 1.25. The van der Waals surface area contributed by atoms with Crippen LogP contribution in [-0.2, 0) is 16.1 Å². The molecule has 5 heteroatoms. The highest BCUT2D eigenvalue weighted by molar-refractivity contribution is 5.81. The first-order valence-corrected chi connectivity index (χ1v) is 9.29. The molecule has 3 heterocycles. The Bertz CT molecular complexity index is 565. The Kier molecular flexibility index (Phi) is 4.55. The summed E-state index contributed by atoms with van der Waals surface area (Å²) in [5.74, 6) is 0.830. The maximum absolute atomic E-state index is 12.3. The normalized spacial score (nSPS) is 26.6. The highest BCUT2D eigenvalue weighted by Crippen LogP contribution is 2.39. The van der Waals surface area contributed by atoms with Crippen molar-refractivity contribution in [3.05, 3.63) is 30.1 Å². The summed E-state index contributed by atoms with van der Waals surface area (Å²) in [6.07, 6.45) is 10.0. The minimum Gasteiger partial charge on any atom is -0.362 e. The van der Waals surface area contributed by atoms with Crippen molar-refractivity contribution in [1.29, 1.82) is 0 Å². The van der Waals surface area contributed by atoms with Crippen LogP contribution in [0.2, 0.25) is 0 Å². The molecule has 1 amide bonds. The summed E-state index contributed by atoms with van der Waals surface area (Å²) in [5.41, 5.74) is 1.20. The van der Waals surface area contributed by atoms with Gasteiger partial charge in [0.05, 0.1) is 5.60 Å². The number of aromatic nitrogens is 1. The summed E-state index contributed by atoms with van der Waals surface area (Å²) >= 11 is 0. The molecule has 0 radical (unpaired) electrons. The van der Waals surface area contributed by atoms with E-state index in [0.29, 0.717) is 0 Å². The van der Waals surface area contributed by atoms with Crippen molar-refractivity contribution < 1.29 is 9.53 Å². The SMILES string of the molecule is O=C(NCC1CC1)[C@H]1CCC2(CCN(Cc3cccnc3)CC2)O1. The summed E-state index contributed by atoms with van der Waals surface area (Å²) in [5, 5.41) is 3.07. The zero-order chi connectivity index (χ0) is 16.4. The summed E-state index contributed by atoms with van der Waals surface area (Å²) < 4.78 is 6.25. The zero-order valence-corrected chi connectivity index (χ0v) is 14.2. The highest BCUT2D eigenvalue weighted by Gasteiger charge is 2.44. The molecule has 2 saturated heterocycles. The van der Waals surface area contributed by atoms with E-state index in [1.165, 1.54) is 18.4 Å². The molecule has 0 unspecified atom stereocenters. The molecule has 24 heavy (non-hydrogen) atoms. The van der Waals surface area contributed by atoms with Gasteiger partial charge in [0.25, 0.3) is 0 Å². The summed E-state index contributed by atoms with van der Waals surface area (Å²) in [6, 6.07) is 4.12. The van der Waals surface area contributed by atoms with Gasteiger partial charge in [-0.15, -0.1) is 0 Å². The van der Waals surface area contributed by atoms with E-state index in [9.17, 15) is 4.79 Å². The van der Waals surface area contributed by atoms with Gasteiger partial charge in [-0.25, -0.2) is 0 Å². The molecule has 3 fully saturated rings. The van der Waals surface area contributed by atoms with E-state index in [4.69, 9.17) is 4.74 Å². The van der Waals surface area contributed by atoms with Crippen LogP contribution in [0.5, 0.6) is 0 Å². The quantitative estimate of drug-likeness (QED) is 0.899. The maximum Gasteiger partial charge on any atom is 0.249 e. The van der Waals surface area contributed by atoms with Gasteiger partial charge in [0.15, 0.2) is 0 Å². The third-order valence-corrected chi connectivity index (χ3v) is 5.70. The van der Waals surface area contributed by atoms with Gasteiger partial charge in [-0.1, -0.05) is 6.07 Å². The Hall–Kier alpha value is -1.46. The molecule has 3 aliphatic rings. The molecule has 4 rings (SSSR count). The number of nitrogens with one attached hydrogen (secondary N) is 1. The van der Waals surface area contributed by atoms with Crippen LogP contribution in [0, 0.1) is 5.92 Å². The van der Waals surface area contributed by atoms with Crippen molar-refractivity contribution in [2.24, 2.45) is 5.92 Å². The topological polar surface area (TPSA) is 54.5 Å². The van der Waals surface area contributed by atoms with E-state index >= 15 is 0 Å². The number of pyridine rings is 1. The van der Waals surface area contributed by atoms with Gasteiger partial charge in [-0.2, -0.15) is 0 Å². The van der Waals surface area contributed by atoms with E-state index in [2.05, 4.69) is 21.3 Å². The first kappa shape index (κ1) is 16.0. The second kappa shape index (κ2) is 6.81. The molecule has 130 valence electrons. The van der Waals surface area contributed by atoms with Crippen molar-refractivity contribution in [1.82, 2.24) is 15.2 Å². The molecule has 0 bridgehead atoms. The van der Waals surface area contributed by atoms with Gasteiger partial charge in [0.1, 0.15) is 6.10 Å². The second-order valence-corrected chi connectivity index (χ2v) is 7.65. The molecular formula is C19H27N3O2. The van der Waals surface area contributed by atoms with E-state index in [1.54, 1.807) is 0 Å². The van der Waals surface area contributed by atoms with Gasteiger partial charge >= 0.3 is 0 Å². The van der Waals surface area contributed by atoms with Crippen LogP contribution in [0.25, 0.3) is 0 Å². The Morgan fingerprint density at radius 3 is 2.83 bits per heavy atom. The van der Waals surface area contributed by atoms with Gasteiger partial charge in [-0.3, -0.25) is 14.7 Å². The summed E-state index contributed by atoms with van der Waals surface area (Å²) in [4.78, 5) is 18.9. The lowest BCUT2D eigenvalue weighted by Crippen LogP contribution is -2.45. The zero-order valence-electron chi connectivity index (χ0n) is 14.2. The van der Waals surface area contributed by atoms with Crippen LogP contribution in [-0.4, -0.2) is 47.1 Å². The lowest BCUT2D eigenvalue weighted by Gasteiger charge is -2.39. The molecular weight excluding hydrogens is 302 g/mol. The molecule has 1 atom stereocenters. The van der Waals surface area contributed by atoms with E-state index < -0.39 is 0 Å². The fraction of sp³-hybridized carbons (Fsp3) is 0.684. The Labute approximate surface area is 143 Å². The average molecular weight is 329 g/mol. The van der Waals surface area contributed by atoms with Crippen molar-refractivity contribution in [3.63, 3.8) is 0 Å². The molecule has 1 aliphatic carbocycles. The average Bonchev–Trinajstić information content (AvgIpc) is 3.36. The Morgan fingerprint density at radius 1 is 1.29 bits per heavy atom. The van der Waals surface area contributed by atoms with Crippen LogP contribution >= 0.6 is 0 Å². The van der Waals surface area contributed by atoms with Crippen molar-refractivity contribution in [2.75, 3.05) is 19.6 Å². The molecule has 1 aromatic heterocycles. The molecule has 1 saturated carbocycles. The number of carbonyl (C=O) groups excluding carboxylic acids is 1. The van der Waals surface area contributed by atoms with Crippen LogP contribution in [0.15, 0.2) is 24.5 Å². The fourth-order valence-corrected chi connectivity index (χ4v) is 3.92. The standard InChI is InChI=1S/C19H27N3O2/c23-18(21-13-15-3-4-15)17-5-6-19(24-17)7-10-22(11-8-19)14-16-2-1-9-20-12-16/h1-2,9,12,15,17H,3-8,10-11,13-14H2,(H,21,23)/t17-/m1/s1. The number of rotatable bonds is 5. The first-order chi connectivity index (χ1) is 11.7. The lowest BCUT2D eigenvalue weighted by molar-refractivity contribution is -0.140. The third-order valence-electron chi connectivity index (χ3n) is 5.70. The maximum atomic E-state index is 12.3. The number of nitrogens with zero attached hydrogens (tertiary/aromatic N) is 2. The first-order valence-electron chi connectivity index (χ1n) is 9.29. The van der Waals surface area contributed by atoms with Gasteiger partial charge < -0.3 is 10.1 Å². The fourth-order valence-electron chi connectivity index (χ4n) is 3.92. The summed E-state index contributed by atoms with van der Waals surface area (Å²) in [6.45, 7) is 3.86. The minimum atomic E-state index is -0.228. The number of likely N-dealkylation sites (tertiary alicyclic amines) is 1. The lowest BCUT2D eigenvalue weighted by atomic mass is 9.88. The number of hydrogen-bond acceptors (Lipinski definition) is 4. The predicted octanol–water partition coefficient (Wildman–Crippen LogP) is 2.12. The molecule has 1 aromatic rings. The smallest absolute Gasteiger partial charge is 0.249 e. The number of amides is 1. The number of carbonyl (C=O) groups is 1. The number of ether oxygens (including phenoxy) is 1. The predicted molar refractivity (Wildman–Crippen MR) is 91.3 cm³/mol. The van der Waals surface area contributed by atoms with Crippen molar-refractivity contribution in [3.8, 4) is 0 Å². The van der Waals surface area contributed by atoms with Gasteiger partial charge in [-0.05, 0) is 56.1 Å². The van der Waals surface area contributed by atoms with E-state index in [1.807, 2.05) is 18.5 Å². The number of piperidine rings is 1. The Morgan fingerprint density at radius 2 is 2.12 bits per heavy atom. The highest BCUT2D eigenvalue weighted by atomic mass is 16.5. The van der Waals surface area contributed by atoms with Gasteiger partial charge in [0, 0.05) is 38.6 Å². The van der Waals surface area contributed by atoms with E-state index in [0.717, 1.165) is 57.8 Å². The van der Waals surface area contributed by atoms with Crippen LogP contribution < -0.4 is 5.32 Å². The van der Waals surface area contributed by atoms with Crippen molar-refractivity contribution in [2.45, 2.75) is 56.8 Å². The molecule has 1 spiro atoms. The molecule has 0 aromatic carbocycles. The number of hydrogen-bond donors (Lipinski definition) is 1. The largest absolute Gasteiger partial charge is 0.362 e.